The van der Waals surface area contributed by atoms with Gasteiger partial charge in [0.2, 0.25) is 11.8 Å². The average Bonchev–Trinajstić information content (AvgIpc) is 3.07. The van der Waals surface area contributed by atoms with Gasteiger partial charge in [-0.15, -0.1) is 0 Å². The fraction of sp³-hybridized carbons (Fsp3) is 0.786. The van der Waals surface area contributed by atoms with Crippen LogP contribution in [0.1, 0.15) is 25.7 Å². The van der Waals surface area contributed by atoms with E-state index >= 15 is 0 Å². The van der Waals surface area contributed by atoms with E-state index in [1.165, 1.54) is 0 Å². The lowest BCUT2D eigenvalue weighted by molar-refractivity contribution is -0.122. The van der Waals surface area contributed by atoms with Gasteiger partial charge in [0.05, 0.1) is 16.5 Å². The predicted octanol–water partition coefficient (Wildman–Crippen LogP) is 0.380. The zero-order valence-electron chi connectivity index (χ0n) is 12.9. The first-order valence-electron chi connectivity index (χ1n) is 7.88. The summed E-state index contributed by atoms with van der Waals surface area (Å²) in [7, 11) is 0. The smallest absolute Gasteiger partial charge is 0.315 e. The summed E-state index contributed by atoms with van der Waals surface area (Å²) >= 11 is 3.90. The standard InChI is InChI=1S/C14H23IN4O3S/c15-7-12(21)17-6-5-16-11(20)4-2-1-3-10-13-9(8-23-10)18-14(22)19-13/h9-10,13H,1-8H2,(H,16,20)(H,17,21)(H2,18,19,22). The molecule has 4 N–H and O–H groups in total. The Balaban J connectivity index is 1.49. The summed E-state index contributed by atoms with van der Waals surface area (Å²) < 4.78 is 0.433. The van der Waals surface area contributed by atoms with E-state index in [1.807, 2.05) is 34.4 Å². The maximum Gasteiger partial charge on any atom is 0.315 e. The Labute approximate surface area is 154 Å². The summed E-state index contributed by atoms with van der Waals surface area (Å²) in [5, 5.41) is 11.9. The first kappa shape index (κ1) is 18.6. The van der Waals surface area contributed by atoms with Gasteiger partial charge in [0.1, 0.15) is 0 Å². The topological polar surface area (TPSA) is 99.3 Å². The van der Waals surface area contributed by atoms with Crippen LogP contribution in [0.3, 0.4) is 0 Å². The molecule has 0 aliphatic carbocycles. The number of fused-ring (bicyclic) bond motifs is 1. The maximum atomic E-state index is 11.7. The van der Waals surface area contributed by atoms with Crippen molar-refractivity contribution in [2.75, 3.05) is 23.3 Å². The quantitative estimate of drug-likeness (QED) is 0.175. The van der Waals surface area contributed by atoms with Crippen molar-refractivity contribution in [1.29, 1.82) is 0 Å². The largest absolute Gasteiger partial charge is 0.354 e. The van der Waals surface area contributed by atoms with Gasteiger partial charge in [-0.05, 0) is 12.8 Å². The highest BCUT2D eigenvalue weighted by Crippen LogP contribution is 2.33. The van der Waals surface area contributed by atoms with Gasteiger partial charge < -0.3 is 21.3 Å². The maximum absolute atomic E-state index is 11.7. The van der Waals surface area contributed by atoms with Gasteiger partial charge in [0.15, 0.2) is 0 Å². The molecule has 0 bridgehead atoms. The van der Waals surface area contributed by atoms with Gasteiger partial charge in [0.25, 0.3) is 0 Å². The molecule has 9 heteroatoms. The zero-order chi connectivity index (χ0) is 16.7. The third-order valence-electron chi connectivity index (χ3n) is 3.97. The average molecular weight is 454 g/mol. The highest BCUT2D eigenvalue weighted by atomic mass is 127. The number of unbranched alkanes of at least 4 members (excludes halogenated alkanes) is 1. The van der Waals surface area contributed by atoms with Gasteiger partial charge in [-0.25, -0.2) is 4.79 Å². The van der Waals surface area contributed by atoms with Crippen molar-refractivity contribution in [2.24, 2.45) is 0 Å². The number of amides is 4. The fourth-order valence-electron chi connectivity index (χ4n) is 2.81. The van der Waals surface area contributed by atoms with Crippen LogP contribution in [-0.4, -0.2) is 58.4 Å². The summed E-state index contributed by atoms with van der Waals surface area (Å²) in [5.41, 5.74) is 0. The van der Waals surface area contributed by atoms with Gasteiger partial charge in [-0.2, -0.15) is 11.8 Å². The van der Waals surface area contributed by atoms with Crippen LogP contribution < -0.4 is 21.3 Å². The molecule has 7 nitrogen and oxygen atoms in total. The number of carbonyl (C=O) groups excluding carboxylic acids is 3. The number of halogens is 1. The van der Waals surface area contributed by atoms with Crippen molar-refractivity contribution in [3.05, 3.63) is 0 Å². The van der Waals surface area contributed by atoms with Crippen molar-refractivity contribution in [3.63, 3.8) is 0 Å². The van der Waals surface area contributed by atoms with E-state index in [4.69, 9.17) is 0 Å². The summed E-state index contributed by atoms with van der Waals surface area (Å²) in [6, 6.07) is 0.445. The number of rotatable bonds is 9. The Morgan fingerprint density at radius 1 is 1.17 bits per heavy atom. The molecule has 2 fully saturated rings. The summed E-state index contributed by atoms with van der Waals surface area (Å²) in [4.78, 5) is 34.0. The summed E-state index contributed by atoms with van der Waals surface area (Å²) in [5.74, 6) is 0.986. The minimum atomic E-state index is -0.0562. The number of carbonyl (C=O) groups is 3. The Morgan fingerprint density at radius 3 is 2.65 bits per heavy atom. The second-order valence-corrected chi connectivity index (χ2v) is 7.74. The number of thioether (sulfide) groups is 1. The molecule has 3 atom stereocenters. The molecule has 23 heavy (non-hydrogen) atoms. The minimum Gasteiger partial charge on any atom is -0.354 e. The van der Waals surface area contributed by atoms with E-state index in [-0.39, 0.29) is 29.9 Å². The van der Waals surface area contributed by atoms with Crippen molar-refractivity contribution in [2.45, 2.75) is 43.0 Å². The Kier molecular flexibility index (Phi) is 7.74. The Morgan fingerprint density at radius 2 is 1.91 bits per heavy atom. The van der Waals surface area contributed by atoms with E-state index in [1.54, 1.807) is 0 Å². The molecule has 0 aromatic carbocycles. The molecule has 0 aromatic heterocycles. The van der Waals surface area contributed by atoms with Crippen LogP contribution in [0.4, 0.5) is 4.79 Å². The normalized spacial score (nSPS) is 25.4. The lowest BCUT2D eigenvalue weighted by Gasteiger charge is -2.16. The molecule has 4 amide bonds. The molecule has 0 aromatic rings. The third kappa shape index (κ3) is 6.02. The lowest BCUT2D eigenvalue weighted by Crippen LogP contribution is -2.36. The number of nitrogens with one attached hydrogen (secondary N) is 4. The first-order chi connectivity index (χ1) is 11.1. The van der Waals surface area contributed by atoms with Crippen molar-refractivity contribution in [1.82, 2.24) is 21.3 Å². The SMILES string of the molecule is O=C(CI)NCCNC(=O)CCCCC1SCC2NC(=O)NC21. The predicted molar refractivity (Wildman–Crippen MR) is 98.9 cm³/mol. The van der Waals surface area contributed by atoms with Crippen LogP contribution >= 0.6 is 34.4 Å². The second-order valence-electron chi connectivity index (χ2n) is 5.70. The Hall–Kier alpha value is -0.710. The first-order valence-corrected chi connectivity index (χ1v) is 10.5. The van der Waals surface area contributed by atoms with Gasteiger partial charge >= 0.3 is 6.03 Å². The number of hydrogen-bond donors (Lipinski definition) is 4. The Bertz CT molecular complexity index is 452. The lowest BCUT2D eigenvalue weighted by atomic mass is 10.0. The fourth-order valence-corrected chi connectivity index (χ4v) is 4.63. The van der Waals surface area contributed by atoms with Crippen LogP contribution in [0.2, 0.25) is 0 Å². The van der Waals surface area contributed by atoms with Crippen molar-refractivity contribution >= 4 is 52.2 Å². The highest BCUT2D eigenvalue weighted by molar-refractivity contribution is 14.1. The molecule has 130 valence electrons. The van der Waals surface area contributed by atoms with Crippen LogP contribution in [-0.2, 0) is 9.59 Å². The molecule has 2 rings (SSSR count). The van der Waals surface area contributed by atoms with Crippen LogP contribution in [0.25, 0.3) is 0 Å². The highest BCUT2D eigenvalue weighted by Gasteiger charge is 2.42. The molecule has 2 aliphatic heterocycles. The van der Waals surface area contributed by atoms with E-state index in [9.17, 15) is 14.4 Å². The van der Waals surface area contributed by atoms with Crippen LogP contribution in [0.15, 0.2) is 0 Å². The molecule has 2 heterocycles. The number of hydrogen-bond acceptors (Lipinski definition) is 4. The van der Waals surface area contributed by atoms with E-state index < -0.39 is 0 Å². The van der Waals surface area contributed by atoms with Gasteiger partial charge in [-0.3, -0.25) is 9.59 Å². The third-order valence-corrected chi connectivity index (χ3v) is 6.17. The van der Waals surface area contributed by atoms with E-state index in [2.05, 4.69) is 21.3 Å². The second kappa shape index (κ2) is 9.55. The molecule has 2 saturated heterocycles. The van der Waals surface area contributed by atoms with Gasteiger partial charge in [0, 0.05) is 30.5 Å². The molecular weight excluding hydrogens is 431 g/mol. The summed E-state index contributed by atoms with van der Waals surface area (Å²) in [6.07, 6.45) is 3.36. The molecule has 3 unspecified atom stereocenters. The summed E-state index contributed by atoms with van der Waals surface area (Å²) in [6.45, 7) is 0.948. The molecule has 0 saturated carbocycles. The minimum absolute atomic E-state index is 0.0132. The van der Waals surface area contributed by atoms with E-state index in [0.717, 1.165) is 25.0 Å². The number of urea groups is 1. The van der Waals surface area contributed by atoms with Crippen molar-refractivity contribution < 1.29 is 14.4 Å². The van der Waals surface area contributed by atoms with Crippen molar-refractivity contribution in [3.8, 4) is 0 Å². The monoisotopic (exact) mass is 454 g/mol. The number of alkyl halides is 1. The van der Waals surface area contributed by atoms with Gasteiger partial charge in [-0.1, -0.05) is 29.0 Å². The van der Waals surface area contributed by atoms with Crippen LogP contribution in [0, 0.1) is 0 Å². The molecule has 0 spiro atoms. The molecular formula is C14H23IN4O3S. The van der Waals surface area contributed by atoms with E-state index in [0.29, 0.717) is 29.2 Å². The molecule has 2 aliphatic rings. The molecule has 0 radical (unpaired) electrons. The van der Waals surface area contributed by atoms with Crippen LogP contribution in [0.5, 0.6) is 0 Å². The zero-order valence-corrected chi connectivity index (χ0v) is 15.9.